The predicted octanol–water partition coefficient (Wildman–Crippen LogP) is 5.14. The van der Waals surface area contributed by atoms with Gasteiger partial charge in [-0.3, -0.25) is 9.48 Å². The molecule has 3 aromatic carbocycles. The molecule has 0 aliphatic heterocycles. The van der Waals surface area contributed by atoms with Gasteiger partial charge in [-0.05, 0) is 53.6 Å². The van der Waals surface area contributed by atoms with Crippen molar-refractivity contribution in [1.82, 2.24) is 25.1 Å². The average molecular weight is 524 g/mol. The highest BCUT2D eigenvalue weighted by Gasteiger charge is 2.18. The second kappa shape index (κ2) is 11.6. The fourth-order valence-corrected chi connectivity index (χ4v) is 4.31. The lowest BCUT2D eigenvalue weighted by atomic mass is 10.0. The van der Waals surface area contributed by atoms with Crippen LogP contribution in [0, 0.1) is 5.82 Å². The molecule has 2 aromatic heterocycles. The molecule has 8 nitrogen and oxygen atoms in total. The van der Waals surface area contributed by atoms with Gasteiger partial charge in [0.05, 0.1) is 43.9 Å². The SMILES string of the molecule is COc1ccc(Cn2ncc(-c3ccncn3)c2-c2cccc(CNC(=O)c3cc(F)ccc3OC)c2)cc1. The molecule has 9 heteroatoms. The molecule has 5 rings (SSSR count). The lowest BCUT2D eigenvalue weighted by molar-refractivity contribution is 0.0947. The lowest BCUT2D eigenvalue weighted by Gasteiger charge is -2.13. The molecule has 0 saturated heterocycles. The van der Waals surface area contributed by atoms with Gasteiger partial charge in [0, 0.05) is 23.9 Å². The van der Waals surface area contributed by atoms with Gasteiger partial charge in [-0.1, -0.05) is 30.3 Å². The minimum Gasteiger partial charge on any atom is -0.497 e. The standard InChI is InChI=1S/C30H26FN5O3/c1-38-24-9-6-20(7-10-24)18-36-29(26(17-35-36)27-12-13-32-19-34-27)22-5-3-4-21(14-22)16-33-30(37)25-15-23(31)8-11-28(25)39-2/h3-15,17,19H,16,18H2,1-2H3,(H,33,37). The van der Waals surface area contributed by atoms with Crippen LogP contribution in [-0.4, -0.2) is 39.9 Å². The Morgan fingerprint density at radius 3 is 2.56 bits per heavy atom. The van der Waals surface area contributed by atoms with Crippen molar-refractivity contribution in [3.8, 4) is 34.0 Å². The van der Waals surface area contributed by atoms with Gasteiger partial charge < -0.3 is 14.8 Å². The molecule has 0 fully saturated rings. The third-order valence-electron chi connectivity index (χ3n) is 6.25. The molecule has 0 unspecified atom stereocenters. The Labute approximate surface area is 225 Å². The molecule has 5 aromatic rings. The van der Waals surface area contributed by atoms with Crippen LogP contribution in [0.1, 0.15) is 21.5 Å². The number of ether oxygens (including phenoxy) is 2. The molecule has 0 aliphatic carbocycles. The summed E-state index contributed by atoms with van der Waals surface area (Å²) in [7, 11) is 3.08. The van der Waals surface area contributed by atoms with Crippen LogP contribution in [0.15, 0.2) is 91.5 Å². The first kappa shape index (κ1) is 25.6. The number of benzene rings is 3. The fourth-order valence-electron chi connectivity index (χ4n) is 4.31. The third-order valence-corrected chi connectivity index (χ3v) is 6.25. The van der Waals surface area contributed by atoms with Gasteiger partial charge in [-0.25, -0.2) is 14.4 Å². The Balaban J connectivity index is 1.45. The van der Waals surface area contributed by atoms with E-state index >= 15 is 0 Å². The molecule has 0 aliphatic rings. The Hall–Kier alpha value is -5.05. The minimum absolute atomic E-state index is 0.136. The van der Waals surface area contributed by atoms with Crippen molar-refractivity contribution in [2.75, 3.05) is 14.2 Å². The van der Waals surface area contributed by atoms with Crippen LogP contribution in [-0.2, 0) is 13.1 Å². The van der Waals surface area contributed by atoms with E-state index in [1.807, 2.05) is 59.3 Å². The Morgan fingerprint density at radius 2 is 1.82 bits per heavy atom. The molecule has 39 heavy (non-hydrogen) atoms. The number of hydrogen-bond donors (Lipinski definition) is 1. The largest absolute Gasteiger partial charge is 0.497 e. The molecule has 0 radical (unpaired) electrons. The molecule has 1 amide bonds. The first-order chi connectivity index (χ1) is 19.1. The van der Waals surface area contributed by atoms with Gasteiger partial charge in [-0.2, -0.15) is 5.10 Å². The van der Waals surface area contributed by atoms with Crippen molar-refractivity contribution in [3.05, 3.63) is 114 Å². The summed E-state index contributed by atoms with van der Waals surface area (Å²) in [6.45, 7) is 0.770. The van der Waals surface area contributed by atoms with Gasteiger partial charge in [-0.15, -0.1) is 0 Å². The van der Waals surface area contributed by atoms with Crippen molar-refractivity contribution in [2.45, 2.75) is 13.1 Å². The zero-order valence-electron chi connectivity index (χ0n) is 21.5. The second-order valence-corrected chi connectivity index (χ2v) is 8.73. The van der Waals surface area contributed by atoms with Crippen LogP contribution >= 0.6 is 0 Å². The number of carbonyl (C=O) groups is 1. The van der Waals surface area contributed by atoms with Gasteiger partial charge in [0.25, 0.3) is 5.91 Å². The summed E-state index contributed by atoms with van der Waals surface area (Å²) in [5.74, 6) is 0.152. The highest BCUT2D eigenvalue weighted by atomic mass is 19.1. The third kappa shape index (κ3) is 5.77. The number of hydrogen-bond acceptors (Lipinski definition) is 6. The number of amides is 1. The van der Waals surface area contributed by atoms with Gasteiger partial charge in [0.2, 0.25) is 0 Å². The van der Waals surface area contributed by atoms with E-state index in [4.69, 9.17) is 9.47 Å². The number of aromatic nitrogens is 4. The van der Waals surface area contributed by atoms with Crippen molar-refractivity contribution < 1.29 is 18.7 Å². The fraction of sp³-hybridized carbons (Fsp3) is 0.133. The first-order valence-electron chi connectivity index (χ1n) is 12.2. The quantitative estimate of drug-likeness (QED) is 0.288. The van der Waals surface area contributed by atoms with Crippen LogP contribution in [0.3, 0.4) is 0 Å². The van der Waals surface area contributed by atoms with E-state index < -0.39 is 11.7 Å². The van der Waals surface area contributed by atoms with Crippen LogP contribution < -0.4 is 14.8 Å². The summed E-state index contributed by atoms with van der Waals surface area (Å²) in [5.41, 5.74) is 5.45. The summed E-state index contributed by atoms with van der Waals surface area (Å²) in [5, 5.41) is 7.54. The van der Waals surface area contributed by atoms with Crippen molar-refractivity contribution >= 4 is 5.91 Å². The summed E-state index contributed by atoms with van der Waals surface area (Å²) in [6, 6.07) is 21.4. The number of carbonyl (C=O) groups excluding carboxylic acids is 1. The van der Waals surface area contributed by atoms with E-state index in [1.54, 1.807) is 19.5 Å². The van der Waals surface area contributed by atoms with Crippen molar-refractivity contribution in [1.29, 1.82) is 0 Å². The van der Waals surface area contributed by atoms with Gasteiger partial charge in [0.15, 0.2) is 0 Å². The van der Waals surface area contributed by atoms with E-state index in [1.165, 1.54) is 25.6 Å². The maximum absolute atomic E-state index is 13.8. The monoisotopic (exact) mass is 523 g/mol. The summed E-state index contributed by atoms with van der Waals surface area (Å²) in [4.78, 5) is 21.3. The van der Waals surface area contributed by atoms with E-state index in [-0.39, 0.29) is 12.1 Å². The maximum Gasteiger partial charge on any atom is 0.255 e. The van der Waals surface area contributed by atoms with E-state index in [2.05, 4.69) is 20.4 Å². The normalized spacial score (nSPS) is 10.7. The van der Waals surface area contributed by atoms with Crippen LogP contribution in [0.2, 0.25) is 0 Å². The van der Waals surface area contributed by atoms with Crippen LogP contribution in [0.4, 0.5) is 4.39 Å². The zero-order chi connectivity index (χ0) is 27.2. The van der Waals surface area contributed by atoms with E-state index in [9.17, 15) is 9.18 Å². The van der Waals surface area contributed by atoms with E-state index in [0.717, 1.165) is 45.5 Å². The predicted molar refractivity (Wildman–Crippen MR) is 145 cm³/mol. The molecule has 0 bridgehead atoms. The first-order valence-corrected chi connectivity index (χ1v) is 12.2. The number of nitrogens with zero attached hydrogens (tertiary/aromatic N) is 4. The van der Waals surface area contributed by atoms with Gasteiger partial charge >= 0.3 is 0 Å². The highest BCUT2D eigenvalue weighted by Crippen LogP contribution is 2.32. The molecule has 0 atom stereocenters. The molecular formula is C30H26FN5O3. The Kier molecular flexibility index (Phi) is 7.58. The molecule has 0 spiro atoms. The summed E-state index contributed by atoms with van der Waals surface area (Å²) < 4.78 is 26.2. The number of nitrogens with one attached hydrogen (secondary N) is 1. The Bertz CT molecular complexity index is 1590. The Morgan fingerprint density at radius 1 is 0.974 bits per heavy atom. The van der Waals surface area contributed by atoms with Crippen molar-refractivity contribution in [2.24, 2.45) is 0 Å². The molecule has 0 saturated carbocycles. The van der Waals surface area contributed by atoms with Crippen molar-refractivity contribution in [3.63, 3.8) is 0 Å². The topological polar surface area (TPSA) is 91.2 Å². The minimum atomic E-state index is -0.509. The molecule has 196 valence electrons. The number of halogens is 1. The maximum atomic E-state index is 13.8. The van der Waals surface area contributed by atoms with Crippen LogP contribution in [0.5, 0.6) is 11.5 Å². The number of rotatable bonds is 9. The lowest BCUT2D eigenvalue weighted by Crippen LogP contribution is -2.23. The summed E-state index contributed by atoms with van der Waals surface area (Å²) >= 11 is 0. The second-order valence-electron chi connectivity index (χ2n) is 8.73. The van der Waals surface area contributed by atoms with Gasteiger partial charge in [0.1, 0.15) is 23.6 Å². The van der Waals surface area contributed by atoms with Crippen LogP contribution in [0.25, 0.3) is 22.5 Å². The molecule has 1 N–H and O–H groups in total. The average Bonchev–Trinajstić information content (AvgIpc) is 3.40. The smallest absolute Gasteiger partial charge is 0.255 e. The molecule has 2 heterocycles. The number of methoxy groups -OCH3 is 2. The molecular weight excluding hydrogens is 497 g/mol. The summed E-state index contributed by atoms with van der Waals surface area (Å²) in [6.07, 6.45) is 5.00. The zero-order valence-corrected chi connectivity index (χ0v) is 21.5. The highest BCUT2D eigenvalue weighted by molar-refractivity contribution is 5.97. The van der Waals surface area contributed by atoms with E-state index in [0.29, 0.717) is 12.3 Å².